The van der Waals surface area contributed by atoms with E-state index in [1.807, 2.05) is 24.6 Å². The van der Waals surface area contributed by atoms with E-state index >= 15 is 0 Å². The lowest BCUT2D eigenvalue weighted by Crippen LogP contribution is -2.25. The van der Waals surface area contributed by atoms with Crippen molar-refractivity contribution < 1.29 is 19.4 Å². The first-order chi connectivity index (χ1) is 11.5. The molecule has 2 rings (SSSR count). The molecule has 0 unspecified atom stereocenters. The summed E-state index contributed by atoms with van der Waals surface area (Å²) in [5.41, 5.74) is 2.51. The van der Waals surface area contributed by atoms with Gasteiger partial charge in [0, 0.05) is 24.3 Å². The Balaban J connectivity index is 1.80. The van der Waals surface area contributed by atoms with E-state index in [1.54, 1.807) is 18.2 Å². The van der Waals surface area contributed by atoms with Crippen molar-refractivity contribution in [2.75, 3.05) is 13.2 Å². The molecule has 0 saturated heterocycles. The minimum atomic E-state index is -1.06. The lowest BCUT2D eigenvalue weighted by molar-refractivity contribution is -0.139. The summed E-state index contributed by atoms with van der Waals surface area (Å²) >= 11 is 0. The van der Waals surface area contributed by atoms with Crippen LogP contribution in [0.3, 0.4) is 0 Å². The second kappa shape index (κ2) is 8.14. The van der Waals surface area contributed by atoms with Crippen molar-refractivity contribution >= 4 is 11.9 Å². The number of carboxylic acids is 1. The maximum atomic E-state index is 12.1. The van der Waals surface area contributed by atoms with Crippen LogP contribution in [0.5, 0.6) is 5.75 Å². The van der Waals surface area contributed by atoms with Crippen molar-refractivity contribution in [1.82, 2.24) is 15.1 Å². The minimum absolute atomic E-state index is 0.218. The molecule has 1 heterocycles. The maximum Gasteiger partial charge on any atom is 0.341 e. The molecule has 7 nitrogen and oxygen atoms in total. The van der Waals surface area contributed by atoms with Gasteiger partial charge in [-0.15, -0.1) is 0 Å². The Bertz CT molecular complexity index is 724. The van der Waals surface area contributed by atoms with Gasteiger partial charge in [0.25, 0.3) is 5.91 Å². The van der Waals surface area contributed by atoms with E-state index in [4.69, 9.17) is 9.84 Å². The van der Waals surface area contributed by atoms with Crippen molar-refractivity contribution in [3.05, 3.63) is 47.3 Å². The van der Waals surface area contributed by atoms with Gasteiger partial charge < -0.3 is 15.2 Å². The van der Waals surface area contributed by atoms with Crippen LogP contribution in [-0.2, 0) is 11.3 Å². The van der Waals surface area contributed by atoms with Crippen LogP contribution in [0.2, 0.25) is 0 Å². The monoisotopic (exact) mass is 331 g/mol. The van der Waals surface area contributed by atoms with Gasteiger partial charge in [-0.3, -0.25) is 9.48 Å². The highest BCUT2D eigenvalue weighted by atomic mass is 16.5. The van der Waals surface area contributed by atoms with E-state index in [-0.39, 0.29) is 5.91 Å². The summed E-state index contributed by atoms with van der Waals surface area (Å²) in [5.74, 6) is -0.925. The van der Waals surface area contributed by atoms with Gasteiger partial charge in [0.1, 0.15) is 5.75 Å². The van der Waals surface area contributed by atoms with E-state index in [0.29, 0.717) is 17.9 Å². The van der Waals surface area contributed by atoms with Gasteiger partial charge in [-0.25, -0.2) is 4.79 Å². The Hall–Kier alpha value is -2.83. The fourth-order valence-electron chi connectivity index (χ4n) is 2.31. The number of benzene rings is 1. The van der Waals surface area contributed by atoms with Crippen molar-refractivity contribution in [2.45, 2.75) is 26.8 Å². The van der Waals surface area contributed by atoms with Crippen LogP contribution in [0.1, 0.15) is 28.2 Å². The van der Waals surface area contributed by atoms with Crippen LogP contribution in [-0.4, -0.2) is 39.9 Å². The zero-order valence-electron chi connectivity index (χ0n) is 13.8. The molecule has 2 N–H and O–H groups in total. The number of nitrogens with zero attached hydrogens (tertiary/aromatic N) is 2. The van der Waals surface area contributed by atoms with Gasteiger partial charge in [0.05, 0.1) is 5.69 Å². The fraction of sp³-hybridized carbons (Fsp3) is 0.353. The van der Waals surface area contributed by atoms with Crippen molar-refractivity contribution in [1.29, 1.82) is 0 Å². The van der Waals surface area contributed by atoms with Crippen molar-refractivity contribution in [2.24, 2.45) is 0 Å². The molecule has 1 aromatic heterocycles. The number of rotatable bonds is 8. The van der Waals surface area contributed by atoms with E-state index in [0.717, 1.165) is 24.4 Å². The number of amides is 1. The average molecular weight is 331 g/mol. The first kappa shape index (κ1) is 17.5. The molecule has 0 aliphatic heterocycles. The van der Waals surface area contributed by atoms with E-state index in [2.05, 4.69) is 10.4 Å². The highest BCUT2D eigenvalue weighted by Gasteiger charge is 2.07. The molecule has 0 aliphatic rings. The molecule has 0 saturated carbocycles. The summed E-state index contributed by atoms with van der Waals surface area (Å²) in [6.07, 6.45) is 0.767. The summed E-state index contributed by atoms with van der Waals surface area (Å²) in [6.45, 7) is 4.78. The van der Waals surface area contributed by atoms with Crippen molar-refractivity contribution in [3.8, 4) is 5.75 Å². The van der Waals surface area contributed by atoms with Crippen LogP contribution >= 0.6 is 0 Å². The van der Waals surface area contributed by atoms with Gasteiger partial charge in [0.15, 0.2) is 6.61 Å². The highest BCUT2D eigenvalue weighted by Crippen LogP contribution is 2.13. The molecule has 0 bridgehead atoms. The number of carbonyl (C=O) groups excluding carboxylic acids is 1. The van der Waals surface area contributed by atoms with Gasteiger partial charge in [-0.05, 0) is 44.5 Å². The summed E-state index contributed by atoms with van der Waals surface area (Å²) < 4.78 is 6.98. The number of hydrogen-bond donors (Lipinski definition) is 2. The summed E-state index contributed by atoms with van der Waals surface area (Å²) in [6, 6.07) is 8.47. The topological polar surface area (TPSA) is 93.5 Å². The largest absolute Gasteiger partial charge is 0.482 e. The zero-order valence-corrected chi connectivity index (χ0v) is 13.8. The maximum absolute atomic E-state index is 12.1. The second-order valence-electron chi connectivity index (χ2n) is 5.47. The molecule has 128 valence electrons. The van der Waals surface area contributed by atoms with Crippen LogP contribution in [0.4, 0.5) is 0 Å². The zero-order chi connectivity index (χ0) is 17.5. The van der Waals surface area contributed by atoms with E-state index < -0.39 is 12.6 Å². The molecule has 0 fully saturated rings. The average Bonchev–Trinajstić information content (AvgIpc) is 2.87. The van der Waals surface area contributed by atoms with Gasteiger partial charge in [0.2, 0.25) is 0 Å². The lowest BCUT2D eigenvalue weighted by Gasteiger charge is -2.08. The normalized spacial score (nSPS) is 10.4. The van der Waals surface area contributed by atoms with E-state index in [1.165, 1.54) is 6.07 Å². The Morgan fingerprint density at radius 3 is 2.75 bits per heavy atom. The number of aromatic nitrogens is 2. The molecule has 1 aromatic carbocycles. The third-order valence-corrected chi connectivity index (χ3v) is 3.39. The Kier molecular flexibility index (Phi) is 5.95. The Morgan fingerprint density at radius 1 is 1.29 bits per heavy atom. The molecule has 0 spiro atoms. The minimum Gasteiger partial charge on any atom is -0.482 e. The Morgan fingerprint density at radius 2 is 2.08 bits per heavy atom. The number of carbonyl (C=O) groups is 2. The number of nitrogens with one attached hydrogen (secondary N) is 1. The number of ether oxygens (including phenoxy) is 1. The summed E-state index contributed by atoms with van der Waals surface area (Å²) in [4.78, 5) is 22.6. The van der Waals surface area contributed by atoms with Crippen molar-refractivity contribution in [3.63, 3.8) is 0 Å². The molecule has 0 radical (unpaired) electrons. The quantitative estimate of drug-likeness (QED) is 0.719. The second-order valence-corrected chi connectivity index (χ2v) is 5.47. The molecule has 2 aromatic rings. The summed E-state index contributed by atoms with van der Waals surface area (Å²) in [5, 5.41) is 15.8. The first-order valence-electron chi connectivity index (χ1n) is 7.69. The smallest absolute Gasteiger partial charge is 0.341 e. The highest BCUT2D eigenvalue weighted by molar-refractivity contribution is 5.94. The van der Waals surface area contributed by atoms with Crippen LogP contribution in [0.15, 0.2) is 30.3 Å². The third-order valence-electron chi connectivity index (χ3n) is 3.39. The third kappa shape index (κ3) is 5.12. The number of aliphatic carboxylic acids is 1. The SMILES string of the molecule is Cc1cc(C)n(CCCNC(=O)c2cccc(OCC(=O)O)c2)n1. The molecule has 0 atom stereocenters. The fourth-order valence-corrected chi connectivity index (χ4v) is 2.31. The Labute approximate surface area is 140 Å². The molecule has 1 amide bonds. The molecule has 7 heteroatoms. The number of carboxylic acid groups (broad SMARTS) is 1. The predicted octanol–water partition coefficient (Wildman–Crippen LogP) is 1.78. The van der Waals surface area contributed by atoms with E-state index in [9.17, 15) is 9.59 Å². The lowest BCUT2D eigenvalue weighted by atomic mass is 10.2. The van der Waals surface area contributed by atoms with Gasteiger partial charge in [-0.1, -0.05) is 6.07 Å². The predicted molar refractivity (Wildman–Crippen MR) is 88.2 cm³/mol. The number of aryl methyl sites for hydroxylation is 3. The van der Waals surface area contributed by atoms with Crippen LogP contribution < -0.4 is 10.1 Å². The number of hydrogen-bond acceptors (Lipinski definition) is 4. The van der Waals surface area contributed by atoms with Crippen LogP contribution in [0, 0.1) is 13.8 Å². The molecular formula is C17H21N3O4. The molecular weight excluding hydrogens is 310 g/mol. The summed E-state index contributed by atoms with van der Waals surface area (Å²) in [7, 11) is 0. The van der Waals surface area contributed by atoms with Gasteiger partial charge >= 0.3 is 5.97 Å². The molecule has 24 heavy (non-hydrogen) atoms. The first-order valence-corrected chi connectivity index (χ1v) is 7.69. The van der Waals surface area contributed by atoms with Gasteiger partial charge in [-0.2, -0.15) is 5.10 Å². The van der Waals surface area contributed by atoms with Crippen LogP contribution in [0.25, 0.3) is 0 Å². The molecule has 0 aliphatic carbocycles. The standard InChI is InChI=1S/C17H21N3O4/c1-12-9-13(2)20(19-12)8-4-7-18-17(23)14-5-3-6-15(10-14)24-11-16(21)22/h3,5-6,9-10H,4,7-8,11H2,1-2H3,(H,18,23)(H,21,22).